The summed E-state index contributed by atoms with van der Waals surface area (Å²) in [6, 6.07) is 0. The fourth-order valence-electron chi connectivity index (χ4n) is 5.78. The summed E-state index contributed by atoms with van der Waals surface area (Å²) in [7, 11) is 1.36. The SMILES string of the molecule is CCC/C=C\CCCCCCCCOCC(COP(=O)([O-])OCC[N+](C)(C)C)OC(=O)CCCCCCCCCCCCCCCCCCC. The quantitative estimate of drug-likeness (QED) is 0.0204. The van der Waals surface area contributed by atoms with E-state index in [4.69, 9.17) is 18.5 Å². The van der Waals surface area contributed by atoms with Gasteiger partial charge >= 0.3 is 5.97 Å². The predicted octanol–water partition coefficient (Wildman–Crippen LogP) is 11.3. The number of phosphoric ester groups is 1. The minimum Gasteiger partial charge on any atom is -0.756 e. The summed E-state index contributed by atoms with van der Waals surface area (Å²) in [5.41, 5.74) is 0. The van der Waals surface area contributed by atoms with Gasteiger partial charge in [0, 0.05) is 13.0 Å². The molecule has 0 spiro atoms. The van der Waals surface area contributed by atoms with Gasteiger partial charge in [0.15, 0.2) is 0 Å². The van der Waals surface area contributed by atoms with Crippen molar-refractivity contribution in [3.63, 3.8) is 0 Å². The van der Waals surface area contributed by atoms with E-state index in [2.05, 4.69) is 26.0 Å². The number of ether oxygens (including phenoxy) is 2. The molecule has 0 heterocycles. The summed E-state index contributed by atoms with van der Waals surface area (Å²) in [5.74, 6) is -0.334. The highest BCUT2D eigenvalue weighted by Gasteiger charge is 2.20. The van der Waals surface area contributed by atoms with E-state index in [0.29, 0.717) is 24.1 Å². The van der Waals surface area contributed by atoms with E-state index >= 15 is 0 Å². The number of phosphoric acid groups is 1. The average molecular weight is 732 g/mol. The maximum Gasteiger partial charge on any atom is 0.306 e. The second-order valence-electron chi connectivity index (χ2n) is 15.4. The number of hydrogen-bond acceptors (Lipinski definition) is 7. The summed E-state index contributed by atoms with van der Waals surface area (Å²) in [6.45, 7) is 5.37. The van der Waals surface area contributed by atoms with Crippen LogP contribution in [0.3, 0.4) is 0 Å². The van der Waals surface area contributed by atoms with Gasteiger partial charge in [-0.05, 0) is 32.1 Å². The molecular weight excluding hydrogens is 649 g/mol. The Morgan fingerprint density at radius 2 is 1.08 bits per heavy atom. The minimum atomic E-state index is -4.51. The van der Waals surface area contributed by atoms with Gasteiger partial charge in [-0.3, -0.25) is 9.36 Å². The molecule has 0 aromatic heterocycles. The molecule has 298 valence electrons. The molecule has 0 radical (unpaired) electrons. The fraction of sp³-hybridized carbons (Fsp3) is 0.927. The van der Waals surface area contributed by atoms with E-state index in [0.717, 1.165) is 32.1 Å². The second kappa shape index (κ2) is 35.3. The third-order valence-corrected chi connectivity index (χ3v) is 10.0. The third-order valence-electron chi connectivity index (χ3n) is 9.05. The second-order valence-corrected chi connectivity index (χ2v) is 16.8. The first kappa shape index (κ1) is 49.2. The first-order chi connectivity index (χ1) is 24.1. The minimum absolute atomic E-state index is 0.0279. The summed E-state index contributed by atoms with van der Waals surface area (Å²) in [4.78, 5) is 25.0. The lowest BCUT2D eigenvalue weighted by Gasteiger charge is -2.28. The van der Waals surface area contributed by atoms with Gasteiger partial charge in [-0.15, -0.1) is 0 Å². The Labute approximate surface area is 310 Å². The van der Waals surface area contributed by atoms with Crippen LogP contribution < -0.4 is 4.89 Å². The van der Waals surface area contributed by atoms with Gasteiger partial charge in [-0.2, -0.15) is 0 Å². The van der Waals surface area contributed by atoms with Crippen molar-refractivity contribution >= 4 is 13.8 Å². The van der Waals surface area contributed by atoms with Crippen molar-refractivity contribution in [1.29, 1.82) is 0 Å². The maximum atomic E-state index is 12.6. The van der Waals surface area contributed by atoms with Crippen molar-refractivity contribution in [3.8, 4) is 0 Å². The molecule has 0 N–H and O–H groups in total. The lowest BCUT2D eigenvalue weighted by atomic mass is 10.0. The first-order valence-corrected chi connectivity index (χ1v) is 22.4. The van der Waals surface area contributed by atoms with Crippen LogP contribution in [0, 0.1) is 0 Å². The van der Waals surface area contributed by atoms with E-state index < -0.39 is 13.9 Å². The van der Waals surface area contributed by atoms with Crippen molar-refractivity contribution in [2.45, 2.75) is 193 Å². The number of allylic oxidation sites excluding steroid dienone is 2. The van der Waals surface area contributed by atoms with Crippen LogP contribution in [0.4, 0.5) is 0 Å². The molecule has 8 nitrogen and oxygen atoms in total. The van der Waals surface area contributed by atoms with E-state index in [1.165, 1.54) is 135 Å². The Bertz CT molecular complexity index is 817. The van der Waals surface area contributed by atoms with Gasteiger partial charge in [0.2, 0.25) is 0 Å². The number of esters is 1. The normalized spacial score (nSPS) is 14.0. The van der Waals surface area contributed by atoms with E-state index in [1.54, 1.807) is 0 Å². The molecular formula is C41H82NO7P. The van der Waals surface area contributed by atoms with E-state index in [-0.39, 0.29) is 25.8 Å². The average Bonchev–Trinajstić information content (AvgIpc) is 3.06. The van der Waals surface area contributed by atoms with Crippen molar-refractivity contribution < 1.29 is 37.3 Å². The largest absolute Gasteiger partial charge is 0.756 e. The van der Waals surface area contributed by atoms with Crippen molar-refractivity contribution in [3.05, 3.63) is 12.2 Å². The molecule has 0 aliphatic carbocycles. The van der Waals surface area contributed by atoms with E-state index in [9.17, 15) is 14.3 Å². The topological polar surface area (TPSA) is 94.1 Å². The van der Waals surface area contributed by atoms with Gasteiger partial charge in [0.25, 0.3) is 7.82 Å². The highest BCUT2D eigenvalue weighted by atomic mass is 31.2. The number of carbonyl (C=O) groups excluding carboxylic acids is 1. The van der Waals surface area contributed by atoms with Crippen LogP contribution >= 0.6 is 7.82 Å². The van der Waals surface area contributed by atoms with Crippen LogP contribution in [0.2, 0.25) is 0 Å². The van der Waals surface area contributed by atoms with E-state index in [1.807, 2.05) is 21.1 Å². The van der Waals surface area contributed by atoms with Gasteiger partial charge in [0.1, 0.15) is 19.3 Å². The highest BCUT2D eigenvalue weighted by Crippen LogP contribution is 2.38. The molecule has 0 rings (SSSR count). The van der Waals surface area contributed by atoms with Crippen molar-refractivity contribution in [2.24, 2.45) is 0 Å². The molecule has 0 bridgehead atoms. The maximum absolute atomic E-state index is 12.6. The number of likely N-dealkylation sites (N-methyl/N-ethyl adjacent to an activating group) is 1. The molecule has 0 aliphatic rings. The molecule has 0 aromatic rings. The Morgan fingerprint density at radius 3 is 1.60 bits per heavy atom. The molecule has 50 heavy (non-hydrogen) atoms. The molecule has 0 aliphatic heterocycles. The molecule has 0 aromatic carbocycles. The van der Waals surface area contributed by atoms with Gasteiger partial charge in [-0.25, -0.2) is 0 Å². The molecule has 2 atom stereocenters. The third kappa shape index (κ3) is 38.5. The lowest BCUT2D eigenvalue weighted by molar-refractivity contribution is -0.870. The Morgan fingerprint density at radius 1 is 0.600 bits per heavy atom. The molecule has 2 unspecified atom stereocenters. The first-order valence-electron chi connectivity index (χ1n) is 20.9. The highest BCUT2D eigenvalue weighted by molar-refractivity contribution is 7.45. The molecule has 0 amide bonds. The Hall–Kier alpha value is -0.760. The van der Waals surface area contributed by atoms with Crippen LogP contribution in [0.5, 0.6) is 0 Å². The standard InChI is InChI=1S/C41H82NO7P/c1-6-8-10-12-14-16-18-19-20-21-22-23-24-26-28-30-32-34-41(43)49-40(39-48-50(44,45)47-37-35-42(3,4)5)38-46-36-33-31-29-27-25-17-15-13-11-9-7-2/h11,13,40H,6-10,12,14-39H2,1-5H3/b13-11-. The van der Waals surface area contributed by atoms with Gasteiger partial charge in [-0.1, -0.05) is 161 Å². The monoisotopic (exact) mass is 732 g/mol. The zero-order chi connectivity index (χ0) is 37.0. The zero-order valence-corrected chi connectivity index (χ0v) is 34.5. The summed E-state index contributed by atoms with van der Waals surface area (Å²) in [5, 5.41) is 0. The van der Waals surface area contributed by atoms with Gasteiger partial charge in [0.05, 0.1) is 34.4 Å². The number of carbonyl (C=O) groups is 1. The number of quaternary nitrogens is 1. The smallest absolute Gasteiger partial charge is 0.306 e. The van der Waals surface area contributed by atoms with Crippen molar-refractivity contribution in [2.75, 3.05) is 54.1 Å². The Kier molecular flexibility index (Phi) is 34.7. The molecule has 9 heteroatoms. The van der Waals surface area contributed by atoms with Crippen LogP contribution in [-0.4, -0.2) is 70.7 Å². The zero-order valence-electron chi connectivity index (χ0n) is 33.6. The molecule has 0 saturated heterocycles. The summed E-state index contributed by atoms with van der Waals surface area (Å²) < 4.78 is 34.5. The predicted molar refractivity (Wildman–Crippen MR) is 208 cm³/mol. The van der Waals surface area contributed by atoms with Gasteiger partial charge < -0.3 is 27.9 Å². The number of hydrogen-bond donors (Lipinski definition) is 0. The van der Waals surface area contributed by atoms with Crippen LogP contribution in [-0.2, 0) is 27.9 Å². The summed E-state index contributed by atoms with van der Waals surface area (Å²) >= 11 is 0. The van der Waals surface area contributed by atoms with Crippen LogP contribution in [0.15, 0.2) is 12.2 Å². The lowest BCUT2D eigenvalue weighted by Crippen LogP contribution is -2.37. The van der Waals surface area contributed by atoms with Crippen LogP contribution in [0.25, 0.3) is 0 Å². The molecule has 0 saturated carbocycles. The Balaban J connectivity index is 4.20. The number of unbranched alkanes of at least 4 members (excludes halogenated alkanes) is 23. The summed E-state index contributed by atoms with van der Waals surface area (Å²) in [6.07, 6.45) is 36.5. The molecule has 0 fully saturated rings. The number of nitrogens with zero attached hydrogens (tertiary/aromatic N) is 1. The van der Waals surface area contributed by atoms with Crippen LogP contribution in [0.1, 0.15) is 187 Å². The number of rotatable bonds is 39. The fourth-order valence-corrected chi connectivity index (χ4v) is 6.51. The van der Waals surface area contributed by atoms with Crippen molar-refractivity contribution in [1.82, 2.24) is 0 Å².